The molecule has 0 amide bonds. The van der Waals surface area contributed by atoms with E-state index in [0.717, 1.165) is 30.4 Å². The van der Waals surface area contributed by atoms with E-state index in [1.807, 2.05) is 6.07 Å². The first kappa shape index (κ1) is 12.4. The molecule has 4 heteroatoms. The molecule has 0 bridgehead atoms. The van der Waals surface area contributed by atoms with Gasteiger partial charge in [0.15, 0.2) is 0 Å². The Morgan fingerprint density at radius 2 is 2.06 bits per heavy atom. The van der Waals surface area contributed by atoms with Crippen molar-refractivity contribution in [2.75, 3.05) is 18.0 Å². The molecule has 0 radical (unpaired) electrons. The minimum Gasteiger partial charge on any atom is -0.481 e. The maximum atomic E-state index is 10.9. The Hall–Kier alpha value is -1.03. The number of aryl methyl sites for hydroxylation is 1. The van der Waals surface area contributed by atoms with Crippen molar-refractivity contribution >= 4 is 27.6 Å². The Morgan fingerprint density at radius 1 is 1.41 bits per heavy atom. The molecule has 0 spiro atoms. The van der Waals surface area contributed by atoms with Gasteiger partial charge in [-0.15, -0.1) is 0 Å². The number of hydrogen-bond acceptors (Lipinski definition) is 2. The van der Waals surface area contributed by atoms with Crippen molar-refractivity contribution in [3.63, 3.8) is 0 Å². The highest BCUT2D eigenvalue weighted by Gasteiger charge is 2.24. The summed E-state index contributed by atoms with van der Waals surface area (Å²) in [5.74, 6) is -0.820. The summed E-state index contributed by atoms with van der Waals surface area (Å²) in [5.41, 5.74) is 2.45. The van der Waals surface area contributed by atoms with Crippen molar-refractivity contribution in [2.45, 2.75) is 19.8 Å². The van der Waals surface area contributed by atoms with Gasteiger partial charge in [0, 0.05) is 23.2 Å². The maximum Gasteiger partial charge on any atom is 0.306 e. The third-order valence-corrected chi connectivity index (χ3v) is 3.84. The zero-order valence-electron chi connectivity index (χ0n) is 9.82. The van der Waals surface area contributed by atoms with Crippen LogP contribution < -0.4 is 4.90 Å². The average Bonchev–Trinajstić information content (AvgIpc) is 2.29. The predicted octanol–water partition coefficient (Wildman–Crippen LogP) is 3.06. The highest BCUT2D eigenvalue weighted by atomic mass is 79.9. The third kappa shape index (κ3) is 2.80. The third-order valence-electron chi connectivity index (χ3n) is 3.34. The number of benzene rings is 1. The normalized spacial score (nSPS) is 17.2. The fourth-order valence-electron chi connectivity index (χ4n) is 2.34. The molecule has 0 aliphatic carbocycles. The SMILES string of the molecule is Cc1cc(Br)ccc1N1CCC(C(=O)O)CC1. The lowest BCUT2D eigenvalue weighted by molar-refractivity contribution is -0.142. The van der Waals surface area contributed by atoms with Crippen molar-refractivity contribution in [3.05, 3.63) is 28.2 Å². The number of hydrogen-bond donors (Lipinski definition) is 1. The van der Waals surface area contributed by atoms with Crippen LogP contribution in [0.4, 0.5) is 5.69 Å². The molecule has 1 N–H and O–H groups in total. The number of rotatable bonds is 2. The number of carbonyl (C=O) groups is 1. The second-order valence-corrected chi connectivity index (χ2v) is 5.45. The molecule has 1 heterocycles. The molecule has 0 saturated carbocycles. The maximum absolute atomic E-state index is 10.9. The van der Waals surface area contributed by atoms with E-state index in [0.29, 0.717) is 0 Å². The first-order valence-electron chi connectivity index (χ1n) is 5.82. The van der Waals surface area contributed by atoms with Gasteiger partial charge in [0.25, 0.3) is 0 Å². The summed E-state index contributed by atoms with van der Waals surface area (Å²) in [6.07, 6.45) is 1.48. The van der Waals surface area contributed by atoms with Gasteiger partial charge in [0.2, 0.25) is 0 Å². The second-order valence-electron chi connectivity index (χ2n) is 4.53. The second kappa shape index (κ2) is 5.08. The molecule has 3 nitrogen and oxygen atoms in total. The zero-order chi connectivity index (χ0) is 12.4. The van der Waals surface area contributed by atoms with E-state index in [4.69, 9.17) is 5.11 Å². The molecule has 0 aromatic heterocycles. The topological polar surface area (TPSA) is 40.5 Å². The number of anilines is 1. The summed E-state index contributed by atoms with van der Waals surface area (Å²) >= 11 is 3.45. The molecule has 1 fully saturated rings. The minimum absolute atomic E-state index is 0.165. The van der Waals surface area contributed by atoms with Crippen molar-refractivity contribution in [1.82, 2.24) is 0 Å². The van der Waals surface area contributed by atoms with Crippen molar-refractivity contribution < 1.29 is 9.90 Å². The smallest absolute Gasteiger partial charge is 0.306 e. The molecule has 2 rings (SSSR count). The first-order chi connectivity index (χ1) is 8.08. The lowest BCUT2D eigenvalue weighted by atomic mass is 9.96. The van der Waals surface area contributed by atoms with Gasteiger partial charge < -0.3 is 10.0 Å². The summed E-state index contributed by atoms with van der Waals surface area (Å²) in [5, 5.41) is 8.96. The van der Waals surface area contributed by atoms with Gasteiger partial charge in [-0.3, -0.25) is 4.79 Å². The van der Waals surface area contributed by atoms with Crippen LogP contribution in [-0.2, 0) is 4.79 Å². The van der Waals surface area contributed by atoms with E-state index < -0.39 is 5.97 Å². The molecule has 17 heavy (non-hydrogen) atoms. The van der Waals surface area contributed by atoms with E-state index in [1.54, 1.807) is 0 Å². The lowest BCUT2D eigenvalue weighted by Gasteiger charge is -2.33. The summed E-state index contributed by atoms with van der Waals surface area (Å²) in [4.78, 5) is 13.2. The fourth-order valence-corrected chi connectivity index (χ4v) is 2.82. The van der Waals surface area contributed by atoms with E-state index in [2.05, 4.69) is 39.9 Å². The van der Waals surface area contributed by atoms with Gasteiger partial charge in [-0.2, -0.15) is 0 Å². The van der Waals surface area contributed by atoms with Crippen LogP contribution in [0.3, 0.4) is 0 Å². The van der Waals surface area contributed by atoms with Gasteiger partial charge >= 0.3 is 5.97 Å². The molecular weight excluding hydrogens is 282 g/mol. The lowest BCUT2D eigenvalue weighted by Crippen LogP contribution is -2.36. The quantitative estimate of drug-likeness (QED) is 0.912. The summed E-state index contributed by atoms with van der Waals surface area (Å²) in [7, 11) is 0. The van der Waals surface area contributed by atoms with E-state index in [1.165, 1.54) is 11.3 Å². The van der Waals surface area contributed by atoms with Crippen LogP contribution in [0.25, 0.3) is 0 Å². The molecule has 1 saturated heterocycles. The number of aliphatic carboxylic acids is 1. The van der Waals surface area contributed by atoms with Crippen molar-refractivity contribution in [1.29, 1.82) is 0 Å². The summed E-state index contributed by atoms with van der Waals surface area (Å²) in [6.45, 7) is 3.75. The van der Waals surface area contributed by atoms with Gasteiger partial charge in [0.05, 0.1) is 5.92 Å². The van der Waals surface area contributed by atoms with Crippen LogP contribution in [0, 0.1) is 12.8 Å². The van der Waals surface area contributed by atoms with Crippen LogP contribution in [-0.4, -0.2) is 24.2 Å². The standard InChI is InChI=1S/C13H16BrNO2/c1-9-8-11(14)2-3-12(9)15-6-4-10(5-7-15)13(16)17/h2-3,8,10H,4-7H2,1H3,(H,16,17). The molecule has 1 aromatic rings. The number of piperidine rings is 1. The van der Waals surface area contributed by atoms with Crippen LogP contribution in [0.15, 0.2) is 22.7 Å². The summed E-state index contributed by atoms with van der Waals surface area (Å²) in [6, 6.07) is 6.23. The van der Waals surface area contributed by atoms with Gasteiger partial charge in [-0.05, 0) is 43.5 Å². The Bertz CT molecular complexity index is 425. The van der Waals surface area contributed by atoms with Crippen LogP contribution in [0.1, 0.15) is 18.4 Å². The number of carboxylic acids is 1. The molecule has 0 atom stereocenters. The molecule has 0 unspecified atom stereocenters. The Morgan fingerprint density at radius 3 is 2.59 bits per heavy atom. The molecule has 1 aliphatic rings. The van der Waals surface area contributed by atoms with E-state index in [-0.39, 0.29) is 5.92 Å². The highest BCUT2D eigenvalue weighted by molar-refractivity contribution is 9.10. The molecule has 1 aromatic carbocycles. The van der Waals surface area contributed by atoms with Gasteiger partial charge in [0.1, 0.15) is 0 Å². The van der Waals surface area contributed by atoms with E-state index >= 15 is 0 Å². The zero-order valence-corrected chi connectivity index (χ0v) is 11.4. The first-order valence-corrected chi connectivity index (χ1v) is 6.61. The largest absolute Gasteiger partial charge is 0.481 e. The number of nitrogens with zero attached hydrogens (tertiary/aromatic N) is 1. The van der Waals surface area contributed by atoms with Gasteiger partial charge in [-0.25, -0.2) is 0 Å². The van der Waals surface area contributed by atoms with Crippen molar-refractivity contribution in [2.24, 2.45) is 5.92 Å². The summed E-state index contributed by atoms with van der Waals surface area (Å²) < 4.78 is 1.08. The van der Waals surface area contributed by atoms with Crippen LogP contribution >= 0.6 is 15.9 Å². The molecular formula is C13H16BrNO2. The average molecular weight is 298 g/mol. The number of halogens is 1. The predicted molar refractivity (Wildman–Crippen MR) is 71.5 cm³/mol. The highest BCUT2D eigenvalue weighted by Crippen LogP contribution is 2.28. The Balaban J connectivity index is 2.08. The van der Waals surface area contributed by atoms with Gasteiger partial charge in [-0.1, -0.05) is 15.9 Å². The number of carboxylic acid groups (broad SMARTS) is 1. The fraction of sp³-hybridized carbons (Fsp3) is 0.462. The van der Waals surface area contributed by atoms with E-state index in [9.17, 15) is 4.79 Å². The monoisotopic (exact) mass is 297 g/mol. The molecule has 1 aliphatic heterocycles. The van der Waals surface area contributed by atoms with Crippen LogP contribution in [0.5, 0.6) is 0 Å². The minimum atomic E-state index is -0.655. The molecule has 92 valence electrons. The Labute approximate surface area is 110 Å². The Kier molecular flexibility index (Phi) is 3.72. The van der Waals surface area contributed by atoms with Crippen LogP contribution in [0.2, 0.25) is 0 Å². The van der Waals surface area contributed by atoms with Crippen molar-refractivity contribution in [3.8, 4) is 0 Å².